The molecule has 0 amide bonds. The van der Waals surface area contributed by atoms with E-state index in [0.717, 1.165) is 49.8 Å². The minimum absolute atomic E-state index is 0.439. The molecule has 0 N–H and O–H groups in total. The molecule has 2 aromatic heterocycles. The predicted molar refractivity (Wildman–Crippen MR) is 250 cm³/mol. The van der Waals surface area contributed by atoms with Crippen LogP contribution in [0.15, 0.2) is 183 Å². The van der Waals surface area contributed by atoms with Gasteiger partial charge in [0.2, 0.25) is 0 Å². The SMILES string of the molecule is C=C(/C=C\C(=C)c1nc2c(ccc3c(C)c(C)cnc32)c(C)c1C)c1ccc2ccc(-c3cccc4c3-c3ccccc3C4(c3ccccc3)c3ccccc3)cc2c1. The molecule has 0 saturated carbocycles. The summed E-state index contributed by atoms with van der Waals surface area (Å²) in [5, 5.41) is 4.62. The Morgan fingerprint density at radius 3 is 1.90 bits per heavy atom. The van der Waals surface area contributed by atoms with Gasteiger partial charge in [0.1, 0.15) is 0 Å². The molecular formula is C57H44N2. The summed E-state index contributed by atoms with van der Waals surface area (Å²) in [6.45, 7) is 17.6. The zero-order valence-electron chi connectivity index (χ0n) is 34.0. The fourth-order valence-electron chi connectivity index (χ4n) is 9.51. The summed E-state index contributed by atoms with van der Waals surface area (Å²) in [7, 11) is 0. The summed E-state index contributed by atoms with van der Waals surface area (Å²) in [4.78, 5) is 10.0. The normalized spacial score (nSPS) is 12.9. The molecule has 0 saturated heterocycles. The van der Waals surface area contributed by atoms with Crippen molar-refractivity contribution in [1.82, 2.24) is 9.97 Å². The Morgan fingerprint density at radius 1 is 0.525 bits per heavy atom. The second-order valence-electron chi connectivity index (χ2n) is 16.1. The number of nitrogens with zero attached hydrogens (tertiary/aromatic N) is 2. The minimum Gasteiger partial charge on any atom is -0.254 e. The van der Waals surface area contributed by atoms with Crippen LogP contribution in [0, 0.1) is 27.7 Å². The summed E-state index contributed by atoms with van der Waals surface area (Å²) in [6, 6.07) is 55.6. The Kier molecular flexibility index (Phi) is 8.61. The van der Waals surface area contributed by atoms with E-state index in [1.807, 2.05) is 12.3 Å². The third kappa shape index (κ3) is 5.62. The van der Waals surface area contributed by atoms with Crippen LogP contribution < -0.4 is 0 Å². The number of hydrogen-bond donors (Lipinski definition) is 0. The molecule has 1 aliphatic rings. The highest BCUT2D eigenvalue weighted by Gasteiger charge is 2.46. The van der Waals surface area contributed by atoms with E-state index in [-0.39, 0.29) is 0 Å². The van der Waals surface area contributed by atoms with Crippen LogP contribution in [0.2, 0.25) is 0 Å². The van der Waals surface area contributed by atoms with Crippen molar-refractivity contribution in [3.8, 4) is 22.3 Å². The molecule has 0 atom stereocenters. The molecule has 2 heterocycles. The molecule has 1 aliphatic carbocycles. The van der Waals surface area contributed by atoms with Gasteiger partial charge in [0.25, 0.3) is 0 Å². The lowest BCUT2D eigenvalue weighted by Gasteiger charge is -2.34. The summed E-state index contributed by atoms with van der Waals surface area (Å²) in [5.74, 6) is 0. The number of pyridine rings is 2. The second-order valence-corrected chi connectivity index (χ2v) is 16.1. The first-order chi connectivity index (χ1) is 28.8. The summed E-state index contributed by atoms with van der Waals surface area (Å²) >= 11 is 0. The summed E-state index contributed by atoms with van der Waals surface area (Å²) in [5.41, 5.74) is 20.0. The van der Waals surface area contributed by atoms with E-state index >= 15 is 0 Å². The van der Waals surface area contributed by atoms with Crippen LogP contribution >= 0.6 is 0 Å². The van der Waals surface area contributed by atoms with Gasteiger partial charge in [-0.1, -0.05) is 165 Å². The molecule has 59 heavy (non-hydrogen) atoms. The Hall–Kier alpha value is -7.16. The maximum absolute atomic E-state index is 5.20. The van der Waals surface area contributed by atoms with Gasteiger partial charge >= 0.3 is 0 Å². The van der Waals surface area contributed by atoms with Crippen LogP contribution in [0.4, 0.5) is 0 Å². The predicted octanol–water partition coefficient (Wildman–Crippen LogP) is 14.5. The van der Waals surface area contributed by atoms with Gasteiger partial charge in [0, 0.05) is 17.0 Å². The molecule has 10 rings (SSSR count). The largest absolute Gasteiger partial charge is 0.254 e. The Bertz CT molecular complexity index is 3180. The van der Waals surface area contributed by atoms with E-state index in [1.54, 1.807) is 0 Å². The molecule has 0 bridgehead atoms. The standard InChI is InChI=1S/C57H44N2/c1-35(24-25-36(2)54-40(6)39(5)48-31-30-47-38(4)37(3)34-58-55(47)56(48)59-54)42-28-26-41-27-29-43(33-44(41)32-42)49-21-15-23-52-53(49)50-20-13-14-22-51(50)57(52,45-16-9-7-10-17-45)46-18-11-8-12-19-46/h7-34H,1-2H2,3-6H3/b25-24-. The molecule has 9 aromatic rings. The lowest BCUT2D eigenvalue weighted by Crippen LogP contribution is -2.28. The van der Waals surface area contributed by atoms with Crippen molar-refractivity contribution < 1.29 is 0 Å². The van der Waals surface area contributed by atoms with Crippen LogP contribution in [-0.4, -0.2) is 9.97 Å². The van der Waals surface area contributed by atoms with Crippen molar-refractivity contribution in [2.24, 2.45) is 0 Å². The fourth-order valence-corrected chi connectivity index (χ4v) is 9.51. The fraction of sp³-hybridized carbons (Fsp3) is 0.0877. The molecule has 2 nitrogen and oxygen atoms in total. The molecule has 0 aliphatic heterocycles. The highest BCUT2D eigenvalue weighted by atomic mass is 14.8. The van der Waals surface area contributed by atoms with Gasteiger partial charge in [-0.3, -0.25) is 4.98 Å². The first-order valence-electron chi connectivity index (χ1n) is 20.4. The molecule has 2 heteroatoms. The van der Waals surface area contributed by atoms with E-state index in [2.05, 4.69) is 199 Å². The second kappa shape index (κ2) is 14.0. The van der Waals surface area contributed by atoms with Gasteiger partial charge in [0.15, 0.2) is 0 Å². The van der Waals surface area contributed by atoms with Gasteiger partial charge in [-0.05, 0) is 134 Å². The topological polar surface area (TPSA) is 25.8 Å². The molecule has 0 fully saturated rings. The lowest BCUT2D eigenvalue weighted by atomic mass is 9.67. The number of aryl methyl sites for hydroxylation is 3. The number of rotatable bonds is 7. The van der Waals surface area contributed by atoms with Crippen LogP contribution in [0.25, 0.3) is 66.0 Å². The molecule has 0 spiro atoms. The van der Waals surface area contributed by atoms with Gasteiger partial charge in [-0.15, -0.1) is 0 Å². The third-order valence-electron chi connectivity index (χ3n) is 12.9. The third-order valence-corrected chi connectivity index (χ3v) is 12.9. The van der Waals surface area contributed by atoms with Crippen LogP contribution in [0.3, 0.4) is 0 Å². The minimum atomic E-state index is -0.439. The molecule has 282 valence electrons. The maximum atomic E-state index is 5.20. The zero-order valence-corrected chi connectivity index (χ0v) is 34.0. The molecule has 0 radical (unpaired) electrons. The first-order valence-corrected chi connectivity index (χ1v) is 20.4. The number of benzene rings is 7. The van der Waals surface area contributed by atoms with Crippen molar-refractivity contribution >= 4 is 43.7 Å². The quantitative estimate of drug-likeness (QED) is 0.120. The highest BCUT2D eigenvalue weighted by Crippen LogP contribution is 2.58. The van der Waals surface area contributed by atoms with Crippen molar-refractivity contribution in [1.29, 1.82) is 0 Å². The smallest absolute Gasteiger partial charge is 0.0975 e. The number of fused-ring (bicyclic) bond motifs is 7. The van der Waals surface area contributed by atoms with E-state index in [0.29, 0.717) is 0 Å². The molecule has 0 unspecified atom stereocenters. The first kappa shape index (κ1) is 36.2. The Morgan fingerprint density at radius 2 is 1.15 bits per heavy atom. The monoisotopic (exact) mass is 756 g/mol. The van der Waals surface area contributed by atoms with Crippen molar-refractivity contribution in [3.05, 3.63) is 239 Å². The van der Waals surface area contributed by atoms with Crippen molar-refractivity contribution in [2.45, 2.75) is 33.1 Å². The van der Waals surface area contributed by atoms with Crippen LogP contribution in [0.1, 0.15) is 55.8 Å². The number of allylic oxidation sites excluding steroid dienone is 4. The van der Waals surface area contributed by atoms with Crippen molar-refractivity contribution in [3.63, 3.8) is 0 Å². The maximum Gasteiger partial charge on any atom is 0.0975 e. The van der Waals surface area contributed by atoms with Gasteiger partial charge in [0.05, 0.1) is 22.1 Å². The molecular weight excluding hydrogens is 713 g/mol. The summed E-state index contributed by atoms with van der Waals surface area (Å²) < 4.78 is 0. The van der Waals surface area contributed by atoms with E-state index in [1.165, 1.54) is 72.0 Å². The van der Waals surface area contributed by atoms with E-state index < -0.39 is 5.41 Å². The Balaban J connectivity index is 1.03. The van der Waals surface area contributed by atoms with E-state index in [9.17, 15) is 0 Å². The number of aromatic nitrogens is 2. The van der Waals surface area contributed by atoms with Crippen molar-refractivity contribution in [2.75, 3.05) is 0 Å². The van der Waals surface area contributed by atoms with Gasteiger partial charge < -0.3 is 0 Å². The molecule has 7 aromatic carbocycles. The van der Waals surface area contributed by atoms with Gasteiger partial charge in [-0.2, -0.15) is 0 Å². The van der Waals surface area contributed by atoms with Gasteiger partial charge in [-0.25, -0.2) is 4.98 Å². The summed E-state index contributed by atoms with van der Waals surface area (Å²) in [6.07, 6.45) is 6.07. The van der Waals surface area contributed by atoms with Crippen LogP contribution in [-0.2, 0) is 5.41 Å². The average Bonchev–Trinajstić information content (AvgIpc) is 3.59. The zero-order chi connectivity index (χ0) is 40.4. The highest BCUT2D eigenvalue weighted by molar-refractivity contribution is 6.06. The number of hydrogen-bond acceptors (Lipinski definition) is 2. The lowest BCUT2D eigenvalue weighted by molar-refractivity contribution is 0.768. The Labute approximate surface area is 346 Å². The van der Waals surface area contributed by atoms with Crippen LogP contribution in [0.5, 0.6) is 0 Å². The average molecular weight is 757 g/mol. The van der Waals surface area contributed by atoms with E-state index in [4.69, 9.17) is 9.97 Å².